The molecule has 2 rings (SSSR count). The Morgan fingerprint density at radius 1 is 1.08 bits per heavy atom. The summed E-state index contributed by atoms with van der Waals surface area (Å²) in [4.78, 5) is 23.3. The molecule has 0 heterocycles. The van der Waals surface area contributed by atoms with E-state index in [0.717, 1.165) is 23.3 Å². The fourth-order valence-corrected chi connectivity index (χ4v) is 2.51. The third-order valence-electron chi connectivity index (χ3n) is 3.81. The molecule has 2 N–H and O–H groups in total. The zero-order chi connectivity index (χ0) is 18.2. The first-order valence-corrected chi connectivity index (χ1v) is 8.25. The number of nitrogens with one attached hydrogen (secondary N) is 2. The van der Waals surface area contributed by atoms with Crippen molar-refractivity contribution in [1.29, 1.82) is 0 Å². The van der Waals surface area contributed by atoms with Crippen LogP contribution in [0.25, 0.3) is 0 Å². The van der Waals surface area contributed by atoms with Crippen LogP contribution in [0.2, 0.25) is 0 Å². The Kier molecular flexibility index (Phi) is 6.57. The van der Waals surface area contributed by atoms with Crippen LogP contribution in [0.4, 0.5) is 0 Å². The molecule has 132 valence electrons. The average molecular weight is 340 g/mol. The number of hydrogen-bond acceptors (Lipinski definition) is 3. The quantitative estimate of drug-likeness (QED) is 0.814. The minimum Gasteiger partial charge on any atom is -0.497 e. The summed E-state index contributed by atoms with van der Waals surface area (Å²) in [6.07, 6.45) is 0.726. The van der Waals surface area contributed by atoms with E-state index in [9.17, 15) is 9.59 Å². The van der Waals surface area contributed by atoms with Crippen molar-refractivity contribution in [3.8, 4) is 5.75 Å². The second-order valence-corrected chi connectivity index (χ2v) is 6.04. The molecule has 1 atom stereocenters. The lowest BCUT2D eigenvalue weighted by Gasteiger charge is -2.15. The highest BCUT2D eigenvalue weighted by Crippen LogP contribution is 2.14. The fraction of sp³-hybridized carbons (Fsp3) is 0.300. The van der Waals surface area contributed by atoms with Gasteiger partial charge in [-0.15, -0.1) is 0 Å². The van der Waals surface area contributed by atoms with Crippen LogP contribution in [0, 0.1) is 0 Å². The molecule has 0 aliphatic rings. The molecule has 0 fully saturated rings. The maximum Gasteiger partial charge on any atom is 0.251 e. The van der Waals surface area contributed by atoms with E-state index in [-0.39, 0.29) is 17.9 Å². The molecule has 5 heteroatoms. The molecule has 2 aromatic rings. The molecule has 2 aromatic carbocycles. The SMILES string of the molecule is COc1cccc(C[C@@H](C)NC(=O)c2ccc(CNC(C)=O)cc2)c1. The lowest BCUT2D eigenvalue weighted by atomic mass is 10.1. The van der Waals surface area contributed by atoms with Gasteiger partial charge in [0.25, 0.3) is 5.91 Å². The zero-order valence-electron chi connectivity index (χ0n) is 14.8. The third kappa shape index (κ3) is 5.95. The van der Waals surface area contributed by atoms with Crippen molar-refractivity contribution in [2.24, 2.45) is 0 Å². The maximum atomic E-state index is 12.3. The first-order valence-electron chi connectivity index (χ1n) is 8.25. The highest BCUT2D eigenvalue weighted by Gasteiger charge is 2.11. The molecular formula is C20H24N2O3. The lowest BCUT2D eigenvalue weighted by Crippen LogP contribution is -2.34. The van der Waals surface area contributed by atoms with Gasteiger partial charge in [-0.2, -0.15) is 0 Å². The van der Waals surface area contributed by atoms with Crippen molar-refractivity contribution in [2.45, 2.75) is 32.9 Å². The molecule has 2 amide bonds. The smallest absolute Gasteiger partial charge is 0.251 e. The molecule has 0 saturated heterocycles. The van der Waals surface area contributed by atoms with Crippen LogP contribution in [0.5, 0.6) is 5.75 Å². The maximum absolute atomic E-state index is 12.3. The predicted octanol–water partition coefficient (Wildman–Crippen LogP) is 2.69. The van der Waals surface area contributed by atoms with Crippen molar-refractivity contribution in [1.82, 2.24) is 10.6 Å². The Labute approximate surface area is 148 Å². The second-order valence-electron chi connectivity index (χ2n) is 6.04. The van der Waals surface area contributed by atoms with Gasteiger partial charge in [0.2, 0.25) is 5.91 Å². The monoisotopic (exact) mass is 340 g/mol. The summed E-state index contributed by atoms with van der Waals surface area (Å²) in [6, 6.07) is 15.1. The first kappa shape index (κ1) is 18.5. The van der Waals surface area contributed by atoms with Gasteiger partial charge in [-0.3, -0.25) is 9.59 Å². The summed E-state index contributed by atoms with van der Waals surface area (Å²) in [6.45, 7) is 3.91. The summed E-state index contributed by atoms with van der Waals surface area (Å²) >= 11 is 0. The van der Waals surface area contributed by atoms with Gasteiger partial charge in [0.05, 0.1) is 7.11 Å². The van der Waals surface area contributed by atoms with Crippen molar-refractivity contribution in [2.75, 3.05) is 7.11 Å². The highest BCUT2D eigenvalue weighted by molar-refractivity contribution is 5.94. The van der Waals surface area contributed by atoms with Crippen LogP contribution in [0.15, 0.2) is 48.5 Å². The summed E-state index contributed by atoms with van der Waals surface area (Å²) in [5, 5.41) is 5.73. The van der Waals surface area contributed by atoms with E-state index in [1.807, 2.05) is 43.3 Å². The Hall–Kier alpha value is -2.82. The summed E-state index contributed by atoms with van der Waals surface area (Å²) in [7, 11) is 1.64. The Morgan fingerprint density at radius 3 is 2.44 bits per heavy atom. The van der Waals surface area contributed by atoms with E-state index in [0.29, 0.717) is 12.1 Å². The first-order chi connectivity index (χ1) is 12.0. The van der Waals surface area contributed by atoms with Crippen LogP contribution in [0.3, 0.4) is 0 Å². The third-order valence-corrected chi connectivity index (χ3v) is 3.81. The summed E-state index contributed by atoms with van der Waals surface area (Å²) < 4.78 is 5.22. The number of carbonyl (C=O) groups excluding carboxylic acids is 2. The summed E-state index contributed by atoms with van der Waals surface area (Å²) in [5.74, 6) is 0.625. The van der Waals surface area contributed by atoms with Crippen molar-refractivity contribution in [3.63, 3.8) is 0 Å². The van der Waals surface area contributed by atoms with E-state index in [1.165, 1.54) is 6.92 Å². The van der Waals surface area contributed by atoms with Gasteiger partial charge in [-0.25, -0.2) is 0 Å². The van der Waals surface area contributed by atoms with E-state index >= 15 is 0 Å². The molecule has 0 unspecified atom stereocenters. The normalized spacial score (nSPS) is 11.5. The highest BCUT2D eigenvalue weighted by atomic mass is 16.5. The molecular weight excluding hydrogens is 316 g/mol. The van der Waals surface area contributed by atoms with Crippen LogP contribution in [0.1, 0.15) is 35.3 Å². The number of hydrogen-bond donors (Lipinski definition) is 2. The fourth-order valence-electron chi connectivity index (χ4n) is 2.51. The molecule has 0 aliphatic carbocycles. The van der Waals surface area contributed by atoms with Gasteiger partial charge < -0.3 is 15.4 Å². The minimum absolute atomic E-state index is 0.00124. The van der Waals surface area contributed by atoms with Gasteiger partial charge in [0.15, 0.2) is 0 Å². The van der Waals surface area contributed by atoms with Crippen molar-refractivity contribution < 1.29 is 14.3 Å². The Morgan fingerprint density at radius 2 is 1.80 bits per heavy atom. The summed E-state index contributed by atoms with van der Waals surface area (Å²) in [5.41, 5.74) is 2.66. The number of methoxy groups -OCH3 is 1. The molecule has 0 aromatic heterocycles. The average Bonchev–Trinajstić information content (AvgIpc) is 2.60. The number of carbonyl (C=O) groups is 2. The standard InChI is InChI=1S/C20H24N2O3/c1-14(11-17-5-4-6-19(12-17)25-3)22-20(24)18-9-7-16(8-10-18)13-21-15(2)23/h4-10,12,14H,11,13H2,1-3H3,(H,21,23)(H,22,24)/t14-/m1/s1. The predicted molar refractivity (Wildman–Crippen MR) is 97.6 cm³/mol. The van der Waals surface area contributed by atoms with Crippen LogP contribution in [-0.2, 0) is 17.8 Å². The van der Waals surface area contributed by atoms with Gasteiger partial charge in [-0.05, 0) is 48.7 Å². The van der Waals surface area contributed by atoms with Crippen LogP contribution < -0.4 is 15.4 Å². The van der Waals surface area contributed by atoms with Gasteiger partial charge in [0.1, 0.15) is 5.75 Å². The van der Waals surface area contributed by atoms with E-state index in [2.05, 4.69) is 10.6 Å². The van der Waals surface area contributed by atoms with Crippen molar-refractivity contribution >= 4 is 11.8 Å². The molecule has 0 bridgehead atoms. The largest absolute Gasteiger partial charge is 0.497 e. The van der Waals surface area contributed by atoms with Gasteiger partial charge >= 0.3 is 0 Å². The van der Waals surface area contributed by atoms with Gasteiger partial charge in [0, 0.05) is 25.1 Å². The number of amides is 2. The Bertz CT molecular complexity index is 726. The van der Waals surface area contributed by atoms with Gasteiger partial charge in [-0.1, -0.05) is 24.3 Å². The molecule has 0 radical (unpaired) electrons. The van der Waals surface area contributed by atoms with E-state index < -0.39 is 0 Å². The molecule has 0 aliphatic heterocycles. The molecule has 5 nitrogen and oxygen atoms in total. The molecule has 25 heavy (non-hydrogen) atoms. The topological polar surface area (TPSA) is 67.4 Å². The zero-order valence-corrected chi connectivity index (χ0v) is 14.8. The number of rotatable bonds is 7. The van der Waals surface area contributed by atoms with E-state index in [1.54, 1.807) is 19.2 Å². The minimum atomic E-state index is -0.110. The number of ether oxygens (including phenoxy) is 1. The Balaban J connectivity index is 1.90. The molecule has 0 spiro atoms. The van der Waals surface area contributed by atoms with E-state index in [4.69, 9.17) is 4.74 Å². The number of benzene rings is 2. The van der Waals surface area contributed by atoms with Crippen LogP contribution >= 0.6 is 0 Å². The molecule has 0 saturated carbocycles. The second kappa shape index (κ2) is 8.87. The lowest BCUT2D eigenvalue weighted by molar-refractivity contribution is -0.119. The van der Waals surface area contributed by atoms with Crippen LogP contribution in [-0.4, -0.2) is 25.0 Å². The van der Waals surface area contributed by atoms with Crippen molar-refractivity contribution in [3.05, 3.63) is 65.2 Å².